The van der Waals surface area contributed by atoms with Crippen LogP contribution in [0, 0.1) is 11.9 Å². The van der Waals surface area contributed by atoms with Crippen molar-refractivity contribution in [2.75, 3.05) is 11.9 Å². The molecule has 0 radical (unpaired) electrons. The molecular weight excluding hydrogens is 387 g/mol. The van der Waals surface area contributed by atoms with E-state index in [-0.39, 0.29) is 6.04 Å². The van der Waals surface area contributed by atoms with Crippen LogP contribution in [0.5, 0.6) is 0 Å². The number of nitrogens with zero attached hydrogens (tertiary/aromatic N) is 2. The van der Waals surface area contributed by atoms with Crippen LogP contribution in [0.15, 0.2) is 23.7 Å². The largest absolute Gasteiger partial charge is 0.361 e. The normalized spacial score (nSPS) is 20.7. The molecule has 0 spiro atoms. The van der Waals surface area contributed by atoms with Crippen molar-refractivity contribution >= 4 is 26.5 Å². The van der Waals surface area contributed by atoms with Crippen molar-refractivity contribution in [3.8, 4) is 11.3 Å². The van der Waals surface area contributed by atoms with Crippen LogP contribution in [0.2, 0.25) is 0 Å². The quantitative estimate of drug-likeness (QED) is 0.678. The van der Waals surface area contributed by atoms with Crippen LogP contribution in [0.4, 0.5) is 9.52 Å². The molecule has 0 saturated heterocycles. The number of pyridine rings is 1. The third kappa shape index (κ3) is 5.24. The molecule has 0 atom stereocenters. The van der Waals surface area contributed by atoms with Crippen molar-refractivity contribution in [3.05, 3.63) is 29.7 Å². The number of hydrogen-bond acceptors (Lipinski definition) is 6. The summed E-state index contributed by atoms with van der Waals surface area (Å²) in [4.78, 5) is 8.10. The van der Waals surface area contributed by atoms with Crippen molar-refractivity contribution in [1.29, 1.82) is 0 Å². The third-order valence-electron chi connectivity index (χ3n) is 4.88. The summed E-state index contributed by atoms with van der Waals surface area (Å²) in [6, 6.07) is 3.39. The molecule has 0 aromatic carbocycles. The zero-order valence-corrected chi connectivity index (χ0v) is 17.1. The Bertz CT molecular complexity index is 862. The molecule has 2 N–H and O–H groups in total. The van der Waals surface area contributed by atoms with E-state index < -0.39 is 21.2 Å². The lowest BCUT2D eigenvalue weighted by atomic mass is 9.86. The van der Waals surface area contributed by atoms with Crippen LogP contribution in [0.25, 0.3) is 11.3 Å². The van der Waals surface area contributed by atoms with Crippen molar-refractivity contribution < 1.29 is 12.8 Å². The highest BCUT2D eigenvalue weighted by Crippen LogP contribution is 2.28. The Morgan fingerprint density at radius 1 is 1.30 bits per heavy atom. The number of halogens is 1. The highest BCUT2D eigenvalue weighted by atomic mass is 32.2. The molecule has 148 valence electrons. The first-order valence-corrected chi connectivity index (χ1v) is 11.6. The predicted octanol–water partition coefficient (Wildman–Crippen LogP) is 3.64. The fourth-order valence-electron chi connectivity index (χ4n) is 3.14. The fraction of sp³-hybridized carbons (Fsp3) is 0.556. The SMILES string of the molecule is CC(C)S(=O)(=O)N[C@H]1CC[C@H](CNc2nc(-c3cccnc3F)cs2)CC1. The van der Waals surface area contributed by atoms with E-state index in [0.717, 1.165) is 37.4 Å². The van der Waals surface area contributed by atoms with E-state index in [2.05, 4.69) is 20.0 Å². The van der Waals surface area contributed by atoms with Crippen molar-refractivity contribution in [1.82, 2.24) is 14.7 Å². The molecule has 2 aromatic rings. The summed E-state index contributed by atoms with van der Waals surface area (Å²) < 4.78 is 40.5. The van der Waals surface area contributed by atoms with Gasteiger partial charge in [0.15, 0.2) is 5.13 Å². The Morgan fingerprint density at radius 2 is 2.04 bits per heavy atom. The molecular formula is C18H25FN4O2S2. The predicted molar refractivity (Wildman–Crippen MR) is 107 cm³/mol. The van der Waals surface area contributed by atoms with Crippen LogP contribution in [0.1, 0.15) is 39.5 Å². The number of anilines is 1. The Labute approximate surface area is 163 Å². The average molecular weight is 413 g/mol. The first-order chi connectivity index (χ1) is 12.8. The summed E-state index contributed by atoms with van der Waals surface area (Å²) >= 11 is 1.44. The summed E-state index contributed by atoms with van der Waals surface area (Å²) in [6.45, 7) is 4.17. The molecule has 2 aromatic heterocycles. The number of rotatable bonds is 7. The van der Waals surface area contributed by atoms with Gasteiger partial charge in [-0.3, -0.25) is 0 Å². The topological polar surface area (TPSA) is 84.0 Å². The summed E-state index contributed by atoms with van der Waals surface area (Å²) in [5, 5.41) is 5.51. The fourth-order valence-corrected chi connectivity index (χ4v) is 4.83. The number of hydrogen-bond donors (Lipinski definition) is 2. The summed E-state index contributed by atoms with van der Waals surface area (Å²) in [6.07, 6.45) is 5.05. The van der Waals surface area contributed by atoms with E-state index in [9.17, 15) is 12.8 Å². The van der Waals surface area contributed by atoms with Gasteiger partial charge in [-0.25, -0.2) is 23.1 Å². The van der Waals surface area contributed by atoms with Crippen molar-refractivity contribution in [3.63, 3.8) is 0 Å². The Kier molecular flexibility index (Phi) is 6.44. The Balaban J connectivity index is 1.48. The van der Waals surface area contributed by atoms with E-state index >= 15 is 0 Å². The van der Waals surface area contributed by atoms with E-state index in [1.54, 1.807) is 26.0 Å². The van der Waals surface area contributed by atoms with Gasteiger partial charge in [-0.05, 0) is 57.6 Å². The van der Waals surface area contributed by atoms with Gasteiger partial charge < -0.3 is 5.32 Å². The smallest absolute Gasteiger partial charge is 0.222 e. The summed E-state index contributed by atoms with van der Waals surface area (Å²) in [7, 11) is -3.21. The maximum absolute atomic E-state index is 13.7. The van der Waals surface area contributed by atoms with Crippen molar-refractivity contribution in [2.24, 2.45) is 5.92 Å². The molecule has 0 aliphatic heterocycles. The van der Waals surface area contributed by atoms with Gasteiger partial charge >= 0.3 is 0 Å². The highest BCUT2D eigenvalue weighted by Gasteiger charge is 2.26. The molecule has 1 aliphatic rings. The minimum Gasteiger partial charge on any atom is -0.361 e. The first kappa shape index (κ1) is 20.2. The molecule has 0 amide bonds. The molecule has 3 rings (SSSR count). The number of aromatic nitrogens is 2. The van der Waals surface area contributed by atoms with Gasteiger partial charge in [0, 0.05) is 24.2 Å². The van der Waals surface area contributed by atoms with Gasteiger partial charge in [0.2, 0.25) is 16.0 Å². The van der Waals surface area contributed by atoms with Gasteiger partial charge in [-0.15, -0.1) is 11.3 Å². The van der Waals surface area contributed by atoms with E-state index in [0.29, 0.717) is 17.2 Å². The zero-order valence-electron chi connectivity index (χ0n) is 15.5. The lowest BCUT2D eigenvalue weighted by Crippen LogP contribution is -2.41. The minimum atomic E-state index is -3.21. The Morgan fingerprint density at radius 3 is 2.70 bits per heavy atom. The average Bonchev–Trinajstić information content (AvgIpc) is 3.10. The molecule has 0 bridgehead atoms. The van der Waals surface area contributed by atoms with Crippen LogP contribution in [0.3, 0.4) is 0 Å². The minimum absolute atomic E-state index is 0.0358. The Hall–Kier alpha value is -1.58. The molecule has 2 heterocycles. The number of nitrogens with one attached hydrogen (secondary N) is 2. The first-order valence-electron chi connectivity index (χ1n) is 9.16. The molecule has 1 saturated carbocycles. The molecule has 1 aliphatic carbocycles. The second kappa shape index (κ2) is 8.62. The highest BCUT2D eigenvalue weighted by molar-refractivity contribution is 7.90. The number of sulfonamides is 1. The second-order valence-corrected chi connectivity index (χ2v) is 10.3. The second-order valence-electron chi connectivity index (χ2n) is 7.19. The van der Waals surface area contributed by atoms with Crippen LogP contribution >= 0.6 is 11.3 Å². The zero-order chi connectivity index (χ0) is 19.4. The number of thiazole rings is 1. The molecule has 0 unspecified atom stereocenters. The van der Waals surface area contributed by atoms with Gasteiger partial charge in [0.1, 0.15) is 0 Å². The van der Waals surface area contributed by atoms with E-state index in [4.69, 9.17) is 0 Å². The standard InChI is InChI=1S/C18H25FN4O2S2/c1-12(2)27(24,25)23-14-7-5-13(6-8-14)10-21-18-22-16(11-26-18)15-4-3-9-20-17(15)19/h3-4,9,11-14,23H,5-8,10H2,1-2H3,(H,21,22)/t13-,14-. The van der Waals surface area contributed by atoms with Gasteiger partial charge in [-0.1, -0.05) is 0 Å². The molecule has 9 heteroatoms. The van der Waals surface area contributed by atoms with Gasteiger partial charge in [-0.2, -0.15) is 4.39 Å². The maximum atomic E-state index is 13.7. The van der Waals surface area contributed by atoms with E-state index in [1.165, 1.54) is 17.5 Å². The third-order valence-corrected chi connectivity index (χ3v) is 7.58. The monoisotopic (exact) mass is 412 g/mol. The van der Waals surface area contributed by atoms with Crippen LogP contribution < -0.4 is 10.0 Å². The van der Waals surface area contributed by atoms with Crippen LogP contribution in [-0.2, 0) is 10.0 Å². The van der Waals surface area contributed by atoms with Crippen molar-refractivity contribution in [2.45, 2.75) is 50.8 Å². The lowest BCUT2D eigenvalue weighted by Gasteiger charge is -2.29. The van der Waals surface area contributed by atoms with E-state index in [1.807, 2.05) is 5.38 Å². The molecule has 1 fully saturated rings. The summed E-state index contributed by atoms with van der Waals surface area (Å²) in [5.74, 6) is -0.0381. The van der Waals surface area contributed by atoms with Crippen LogP contribution in [-0.4, -0.2) is 36.2 Å². The summed E-state index contributed by atoms with van der Waals surface area (Å²) in [5.41, 5.74) is 0.986. The van der Waals surface area contributed by atoms with Gasteiger partial charge in [0.05, 0.1) is 16.5 Å². The molecule has 27 heavy (non-hydrogen) atoms. The lowest BCUT2D eigenvalue weighted by molar-refractivity contribution is 0.323. The molecule has 6 nitrogen and oxygen atoms in total. The van der Waals surface area contributed by atoms with Gasteiger partial charge in [0.25, 0.3) is 0 Å². The maximum Gasteiger partial charge on any atom is 0.222 e.